The van der Waals surface area contributed by atoms with E-state index in [9.17, 15) is 0 Å². The van der Waals surface area contributed by atoms with Gasteiger partial charge in [0.05, 0.1) is 68.3 Å². The largest absolute Gasteiger partial charge is 0.494 e. The molecule has 4 aromatic carbocycles. The van der Waals surface area contributed by atoms with Gasteiger partial charge in [0.25, 0.3) is 0 Å². The second kappa shape index (κ2) is 18.6. The molecule has 1 saturated heterocycles. The monoisotopic (exact) mass is 644 g/mol. The molecule has 0 aromatic heterocycles. The molecular formula is C41H44N2O5. The molecule has 0 bridgehead atoms. The van der Waals surface area contributed by atoms with E-state index in [1.165, 1.54) is 0 Å². The van der Waals surface area contributed by atoms with E-state index < -0.39 is 0 Å². The summed E-state index contributed by atoms with van der Waals surface area (Å²) in [6.45, 7) is 5.58. The molecule has 1 aliphatic heterocycles. The molecule has 0 radical (unpaired) electrons. The zero-order valence-electron chi connectivity index (χ0n) is 27.6. The number of nitriles is 2. The summed E-state index contributed by atoms with van der Waals surface area (Å²) < 4.78 is 29.4. The lowest BCUT2D eigenvalue weighted by Crippen LogP contribution is -2.49. The van der Waals surface area contributed by atoms with Crippen LogP contribution in [0.4, 0.5) is 0 Å². The second-order valence-corrected chi connectivity index (χ2v) is 12.3. The third-order valence-electron chi connectivity index (χ3n) is 8.44. The first-order valence-corrected chi connectivity index (χ1v) is 16.9. The van der Waals surface area contributed by atoms with Gasteiger partial charge in [0.2, 0.25) is 0 Å². The molecule has 0 N–H and O–H groups in total. The van der Waals surface area contributed by atoms with E-state index in [4.69, 9.17) is 34.2 Å². The highest BCUT2D eigenvalue weighted by molar-refractivity contribution is 5.65. The Morgan fingerprint density at radius 1 is 0.479 bits per heavy atom. The average Bonchev–Trinajstić information content (AvgIpc) is 3.13. The quantitative estimate of drug-likeness (QED) is 0.0890. The fraction of sp³-hybridized carbons (Fsp3) is 0.366. The van der Waals surface area contributed by atoms with Gasteiger partial charge in [-0.1, -0.05) is 48.5 Å². The molecule has 0 unspecified atom stereocenters. The van der Waals surface area contributed by atoms with Crippen LogP contribution in [0.1, 0.15) is 49.7 Å². The Hall–Kier alpha value is -4.66. The SMILES string of the molecule is N#Cc1ccc(-c2ccc(OCCCCCOCC3(COCCCCCOc4ccc(-c5ccc(C#N)cc5)cc4)COC3)cc2)cc1. The van der Waals surface area contributed by atoms with Crippen molar-refractivity contribution in [1.29, 1.82) is 10.5 Å². The number of hydrogen-bond donors (Lipinski definition) is 0. The highest BCUT2D eigenvalue weighted by Crippen LogP contribution is 2.29. The van der Waals surface area contributed by atoms with Gasteiger partial charge in [-0.15, -0.1) is 0 Å². The van der Waals surface area contributed by atoms with E-state index in [0.717, 1.165) is 85.5 Å². The summed E-state index contributed by atoms with van der Waals surface area (Å²) in [5.41, 5.74) is 5.69. The van der Waals surface area contributed by atoms with E-state index in [1.807, 2.05) is 97.1 Å². The van der Waals surface area contributed by atoms with Crippen LogP contribution in [0.5, 0.6) is 11.5 Å². The van der Waals surface area contributed by atoms with Crippen LogP contribution in [0.3, 0.4) is 0 Å². The Balaban J connectivity index is 0.852. The Morgan fingerprint density at radius 3 is 1.17 bits per heavy atom. The maximum atomic E-state index is 8.97. The highest BCUT2D eigenvalue weighted by Gasteiger charge is 2.39. The number of nitrogens with zero attached hydrogens (tertiary/aromatic N) is 2. The van der Waals surface area contributed by atoms with Crippen LogP contribution in [0, 0.1) is 28.1 Å². The van der Waals surface area contributed by atoms with Crippen molar-refractivity contribution in [2.75, 3.05) is 52.9 Å². The van der Waals surface area contributed by atoms with Crippen molar-refractivity contribution in [3.8, 4) is 45.9 Å². The minimum absolute atomic E-state index is 0.0138. The molecule has 1 fully saturated rings. The number of unbranched alkanes of at least 4 members (excludes halogenated alkanes) is 4. The van der Waals surface area contributed by atoms with Gasteiger partial charge in [-0.25, -0.2) is 0 Å². The summed E-state index contributed by atoms with van der Waals surface area (Å²) >= 11 is 0. The van der Waals surface area contributed by atoms with E-state index >= 15 is 0 Å². The summed E-state index contributed by atoms with van der Waals surface area (Å²) in [6.07, 6.45) is 6.07. The van der Waals surface area contributed by atoms with Gasteiger partial charge in [0.1, 0.15) is 11.5 Å². The third-order valence-corrected chi connectivity index (χ3v) is 8.44. The van der Waals surface area contributed by atoms with Crippen molar-refractivity contribution in [2.45, 2.75) is 38.5 Å². The van der Waals surface area contributed by atoms with Crippen molar-refractivity contribution in [1.82, 2.24) is 0 Å². The molecule has 0 aliphatic carbocycles. The normalized spacial score (nSPS) is 13.2. The van der Waals surface area contributed by atoms with Crippen LogP contribution < -0.4 is 9.47 Å². The maximum absolute atomic E-state index is 8.97. The standard InChI is InChI=1S/C41H44N2O5/c42-27-33-7-11-35(12-8-33)37-15-19-39(20-16-37)47-25-5-1-3-23-44-29-41(31-46-32-41)30-45-24-4-2-6-26-48-40-21-17-38(18-22-40)36-13-9-34(28-43)10-14-36/h7-22H,1-6,23-26,29-32H2. The molecule has 48 heavy (non-hydrogen) atoms. The van der Waals surface area contributed by atoms with E-state index in [0.29, 0.717) is 50.8 Å². The number of hydrogen-bond acceptors (Lipinski definition) is 7. The summed E-state index contributed by atoms with van der Waals surface area (Å²) in [7, 11) is 0. The average molecular weight is 645 g/mol. The lowest BCUT2D eigenvalue weighted by molar-refractivity contribution is -0.178. The maximum Gasteiger partial charge on any atom is 0.119 e. The van der Waals surface area contributed by atoms with Crippen molar-refractivity contribution < 1.29 is 23.7 Å². The van der Waals surface area contributed by atoms with Crippen LogP contribution in [0.15, 0.2) is 97.1 Å². The number of ether oxygens (including phenoxy) is 5. The number of benzene rings is 4. The van der Waals surface area contributed by atoms with Crippen LogP contribution in [-0.4, -0.2) is 52.9 Å². The van der Waals surface area contributed by atoms with Crippen LogP contribution >= 0.6 is 0 Å². The van der Waals surface area contributed by atoms with Crippen molar-refractivity contribution in [2.24, 2.45) is 5.41 Å². The summed E-state index contributed by atoms with van der Waals surface area (Å²) in [5, 5.41) is 17.9. The molecule has 0 atom stereocenters. The first kappa shape index (κ1) is 34.7. The van der Waals surface area contributed by atoms with E-state index in [-0.39, 0.29) is 5.41 Å². The molecule has 0 spiro atoms. The van der Waals surface area contributed by atoms with Crippen LogP contribution in [0.2, 0.25) is 0 Å². The predicted molar refractivity (Wildman–Crippen MR) is 187 cm³/mol. The first-order valence-electron chi connectivity index (χ1n) is 16.9. The Labute approximate surface area is 284 Å². The van der Waals surface area contributed by atoms with Gasteiger partial charge in [-0.3, -0.25) is 0 Å². The minimum atomic E-state index is -0.0138. The summed E-state index contributed by atoms with van der Waals surface area (Å²) in [5.74, 6) is 1.74. The summed E-state index contributed by atoms with van der Waals surface area (Å²) in [6, 6.07) is 35.7. The minimum Gasteiger partial charge on any atom is -0.494 e. The Morgan fingerprint density at radius 2 is 0.833 bits per heavy atom. The Bertz CT molecular complexity index is 1480. The van der Waals surface area contributed by atoms with E-state index in [2.05, 4.69) is 12.1 Å². The fourth-order valence-electron chi connectivity index (χ4n) is 5.48. The van der Waals surface area contributed by atoms with E-state index in [1.54, 1.807) is 0 Å². The topological polar surface area (TPSA) is 93.7 Å². The van der Waals surface area contributed by atoms with Gasteiger partial charge >= 0.3 is 0 Å². The van der Waals surface area contributed by atoms with Gasteiger partial charge in [0, 0.05) is 13.2 Å². The molecule has 7 nitrogen and oxygen atoms in total. The number of rotatable bonds is 20. The molecule has 1 heterocycles. The molecule has 4 aromatic rings. The molecule has 5 rings (SSSR count). The van der Waals surface area contributed by atoms with Crippen molar-refractivity contribution >= 4 is 0 Å². The van der Waals surface area contributed by atoms with Crippen molar-refractivity contribution in [3.63, 3.8) is 0 Å². The molecule has 0 saturated carbocycles. The fourth-order valence-corrected chi connectivity index (χ4v) is 5.48. The molecule has 1 aliphatic rings. The lowest BCUT2D eigenvalue weighted by Gasteiger charge is -2.40. The zero-order chi connectivity index (χ0) is 33.3. The molecule has 248 valence electrons. The van der Waals surface area contributed by atoms with Gasteiger partial charge in [0.15, 0.2) is 0 Å². The third kappa shape index (κ3) is 10.7. The smallest absolute Gasteiger partial charge is 0.119 e. The van der Waals surface area contributed by atoms with Gasteiger partial charge in [-0.05, 0) is 109 Å². The lowest BCUT2D eigenvalue weighted by atomic mass is 9.88. The summed E-state index contributed by atoms with van der Waals surface area (Å²) in [4.78, 5) is 0. The van der Waals surface area contributed by atoms with Crippen LogP contribution in [0.25, 0.3) is 22.3 Å². The Kier molecular flexibility index (Phi) is 13.4. The molecule has 0 amide bonds. The van der Waals surface area contributed by atoms with Gasteiger partial charge < -0.3 is 23.7 Å². The predicted octanol–water partition coefficient (Wildman–Crippen LogP) is 8.61. The molecular weight excluding hydrogens is 600 g/mol. The first-order chi connectivity index (χ1) is 23.7. The van der Waals surface area contributed by atoms with Crippen LogP contribution in [-0.2, 0) is 14.2 Å². The highest BCUT2D eigenvalue weighted by atomic mass is 16.5. The second-order valence-electron chi connectivity index (χ2n) is 12.3. The zero-order valence-corrected chi connectivity index (χ0v) is 27.6. The van der Waals surface area contributed by atoms with Crippen molar-refractivity contribution in [3.05, 3.63) is 108 Å². The molecule has 7 heteroatoms. The van der Waals surface area contributed by atoms with Gasteiger partial charge in [-0.2, -0.15) is 10.5 Å².